The van der Waals surface area contributed by atoms with Crippen LogP contribution in [0.15, 0.2) is 24.8 Å². The monoisotopic (exact) mass is 248 g/mol. The minimum atomic E-state index is -0.915. The van der Waals surface area contributed by atoms with Crippen molar-refractivity contribution in [2.24, 2.45) is 5.92 Å². The van der Waals surface area contributed by atoms with Crippen molar-refractivity contribution in [1.29, 1.82) is 0 Å². The van der Waals surface area contributed by atoms with Crippen LogP contribution in [0.3, 0.4) is 0 Å². The molecule has 2 atom stereocenters. The van der Waals surface area contributed by atoms with Gasteiger partial charge in [0.2, 0.25) is 0 Å². The molecule has 0 saturated heterocycles. The van der Waals surface area contributed by atoms with Crippen LogP contribution in [-0.2, 0) is 9.53 Å². The van der Waals surface area contributed by atoms with Crippen LogP contribution in [0.25, 0.3) is 5.57 Å². The number of esters is 1. The summed E-state index contributed by atoms with van der Waals surface area (Å²) in [7, 11) is 1.56. The van der Waals surface area contributed by atoms with Crippen molar-refractivity contribution in [3.8, 4) is 5.75 Å². The van der Waals surface area contributed by atoms with E-state index in [0.29, 0.717) is 16.9 Å². The first-order valence-corrected chi connectivity index (χ1v) is 5.82. The van der Waals surface area contributed by atoms with Crippen LogP contribution in [0.4, 0.5) is 0 Å². The van der Waals surface area contributed by atoms with Gasteiger partial charge in [-0.1, -0.05) is 12.6 Å². The average molecular weight is 248 g/mol. The number of rotatable bonds is 3. The third-order valence-electron chi connectivity index (χ3n) is 3.16. The summed E-state index contributed by atoms with van der Waals surface area (Å²) < 4.78 is 10.1. The van der Waals surface area contributed by atoms with E-state index in [1.807, 2.05) is 0 Å². The van der Waals surface area contributed by atoms with E-state index in [4.69, 9.17) is 9.47 Å². The molecule has 1 aliphatic rings. The van der Waals surface area contributed by atoms with Crippen LogP contribution in [0.1, 0.15) is 24.2 Å². The van der Waals surface area contributed by atoms with Gasteiger partial charge in [0.1, 0.15) is 11.7 Å². The molecule has 0 aliphatic heterocycles. The van der Waals surface area contributed by atoms with Gasteiger partial charge in [0, 0.05) is 0 Å². The Balaban J connectivity index is 2.37. The van der Waals surface area contributed by atoms with Gasteiger partial charge in [-0.25, -0.2) is 0 Å². The van der Waals surface area contributed by atoms with E-state index in [0.717, 1.165) is 5.56 Å². The molecule has 1 aromatic carbocycles. The summed E-state index contributed by atoms with van der Waals surface area (Å²) in [6, 6.07) is 5.31. The molecule has 0 aromatic heterocycles. The molecule has 2 rings (SSSR count). The van der Waals surface area contributed by atoms with E-state index in [9.17, 15) is 9.90 Å². The van der Waals surface area contributed by atoms with Gasteiger partial charge in [-0.3, -0.25) is 4.79 Å². The number of methoxy groups -OCH3 is 1. The SMILES string of the molecule is C=C1c2ccc(OC)cc2[C@@H](O)[C@H]1C(=O)OCC. The van der Waals surface area contributed by atoms with E-state index in [-0.39, 0.29) is 6.61 Å². The standard InChI is InChI=1S/C14H16O4/c1-4-18-14(16)12-8(2)10-6-5-9(17-3)7-11(10)13(12)15/h5-7,12-13,15H,2,4H2,1,3H3/t12-,13+/m0/s1. The van der Waals surface area contributed by atoms with E-state index >= 15 is 0 Å². The van der Waals surface area contributed by atoms with Gasteiger partial charge in [-0.05, 0) is 35.8 Å². The maximum Gasteiger partial charge on any atom is 0.316 e. The van der Waals surface area contributed by atoms with Crippen molar-refractivity contribution in [2.45, 2.75) is 13.0 Å². The Bertz CT molecular complexity index is 493. The van der Waals surface area contributed by atoms with Gasteiger partial charge >= 0.3 is 5.97 Å². The Morgan fingerprint density at radius 2 is 2.22 bits per heavy atom. The maximum absolute atomic E-state index is 11.8. The summed E-state index contributed by atoms with van der Waals surface area (Å²) in [5.41, 5.74) is 2.05. The lowest BCUT2D eigenvalue weighted by molar-refractivity contribution is -0.148. The Morgan fingerprint density at radius 3 is 2.83 bits per heavy atom. The predicted octanol–water partition coefficient (Wildman–Crippen LogP) is 1.93. The fraction of sp³-hybridized carbons (Fsp3) is 0.357. The lowest BCUT2D eigenvalue weighted by atomic mass is 10.0. The quantitative estimate of drug-likeness (QED) is 0.830. The van der Waals surface area contributed by atoms with Gasteiger partial charge in [0.05, 0.1) is 19.8 Å². The van der Waals surface area contributed by atoms with Crippen LogP contribution in [0.2, 0.25) is 0 Å². The van der Waals surface area contributed by atoms with Gasteiger partial charge in [-0.15, -0.1) is 0 Å². The first-order chi connectivity index (χ1) is 8.60. The molecule has 1 N–H and O–H groups in total. The van der Waals surface area contributed by atoms with Gasteiger partial charge in [-0.2, -0.15) is 0 Å². The van der Waals surface area contributed by atoms with E-state index in [1.54, 1.807) is 32.2 Å². The summed E-state index contributed by atoms with van der Waals surface area (Å²) >= 11 is 0. The van der Waals surface area contributed by atoms with Crippen molar-refractivity contribution in [1.82, 2.24) is 0 Å². The largest absolute Gasteiger partial charge is 0.497 e. The Hall–Kier alpha value is -1.81. The van der Waals surface area contributed by atoms with E-state index < -0.39 is 18.0 Å². The highest BCUT2D eigenvalue weighted by Gasteiger charge is 2.40. The number of benzene rings is 1. The highest BCUT2D eigenvalue weighted by molar-refractivity contribution is 5.92. The first kappa shape index (κ1) is 12.6. The van der Waals surface area contributed by atoms with Crippen LogP contribution in [-0.4, -0.2) is 24.8 Å². The van der Waals surface area contributed by atoms with Gasteiger partial charge < -0.3 is 14.6 Å². The predicted molar refractivity (Wildman–Crippen MR) is 67.1 cm³/mol. The third kappa shape index (κ3) is 1.88. The minimum absolute atomic E-state index is 0.287. The third-order valence-corrected chi connectivity index (χ3v) is 3.16. The highest BCUT2D eigenvalue weighted by atomic mass is 16.5. The van der Waals surface area contributed by atoms with Gasteiger partial charge in [0.25, 0.3) is 0 Å². The molecule has 96 valence electrons. The number of hydrogen-bond donors (Lipinski definition) is 1. The lowest BCUT2D eigenvalue weighted by Crippen LogP contribution is -2.20. The lowest BCUT2D eigenvalue weighted by Gasteiger charge is -2.14. The second-order valence-corrected chi connectivity index (χ2v) is 4.15. The molecule has 0 spiro atoms. The summed E-state index contributed by atoms with van der Waals surface area (Å²) in [6.07, 6.45) is -0.915. The molecule has 4 nitrogen and oxygen atoms in total. The molecule has 0 fully saturated rings. The topological polar surface area (TPSA) is 55.8 Å². The Morgan fingerprint density at radius 1 is 1.50 bits per heavy atom. The van der Waals surface area contributed by atoms with E-state index in [1.165, 1.54) is 0 Å². The zero-order valence-electron chi connectivity index (χ0n) is 10.5. The normalized spacial score (nSPS) is 21.6. The first-order valence-electron chi connectivity index (χ1n) is 5.82. The van der Waals surface area contributed by atoms with E-state index in [2.05, 4.69) is 6.58 Å². The number of carbonyl (C=O) groups excluding carboxylic acids is 1. The number of aliphatic hydroxyl groups is 1. The van der Waals surface area contributed by atoms with Crippen molar-refractivity contribution in [2.75, 3.05) is 13.7 Å². The zero-order chi connectivity index (χ0) is 13.3. The summed E-state index contributed by atoms with van der Waals surface area (Å²) in [5, 5.41) is 10.2. The second-order valence-electron chi connectivity index (χ2n) is 4.15. The maximum atomic E-state index is 11.8. The fourth-order valence-electron chi connectivity index (χ4n) is 2.25. The van der Waals surface area contributed by atoms with Crippen LogP contribution in [0, 0.1) is 5.92 Å². The summed E-state index contributed by atoms with van der Waals surface area (Å²) in [6.45, 7) is 5.91. The number of aliphatic hydroxyl groups excluding tert-OH is 1. The molecule has 1 aliphatic carbocycles. The summed E-state index contributed by atoms with van der Waals surface area (Å²) in [4.78, 5) is 11.8. The molecule has 0 saturated carbocycles. The molecule has 0 radical (unpaired) electrons. The van der Waals surface area contributed by atoms with Crippen molar-refractivity contribution in [3.05, 3.63) is 35.9 Å². The number of hydrogen-bond acceptors (Lipinski definition) is 4. The molecule has 18 heavy (non-hydrogen) atoms. The molecule has 4 heteroatoms. The highest BCUT2D eigenvalue weighted by Crippen LogP contribution is 2.45. The van der Waals surface area contributed by atoms with Crippen LogP contribution in [0.5, 0.6) is 5.75 Å². The Labute approximate surface area is 106 Å². The molecule has 1 aromatic rings. The number of fused-ring (bicyclic) bond motifs is 1. The molecule has 0 unspecified atom stereocenters. The smallest absolute Gasteiger partial charge is 0.316 e. The minimum Gasteiger partial charge on any atom is -0.497 e. The van der Waals surface area contributed by atoms with Crippen molar-refractivity contribution in [3.63, 3.8) is 0 Å². The number of ether oxygens (including phenoxy) is 2. The molecular formula is C14H16O4. The van der Waals surface area contributed by atoms with Crippen molar-refractivity contribution < 1.29 is 19.4 Å². The zero-order valence-corrected chi connectivity index (χ0v) is 10.5. The van der Waals surface area contributed by atoms with Gasteiger partial charge in [0.15, 0.2) is 0 Å². The van der Waals surface area contributed by atoms with Crippen LogP contribution >= 0.6 is 0 Å². The average Bonchev–Trinajstić information content (AvgIpc) is 2.62. The van der Waals surface area contributed by atoms with Crippen LogP contribution < -0.4 is 4.74 Å². The van der Waals surface area contributed by atoms with Crippen molar-refractivity contribution >= 4 is 11.5 Å². The summed E-state index contributed by atoms with van der Waals surface area (Å²) in [5.74, 6) is -0.512. The molecule has 0 bridgehead atoms. The fourth-order valence-corrected chi connectivity index (χ4v) is 2.25. The molecule has 0 amide bonds. The molecule has 0 heterocycles. The molecular weight excluding hydrogens is 232 g/mol. The second kappa shape index (κ2) is 4.82. The number of carbonyl (C=O) groups is 1. The Kier molecular flexibility index (Phi) is 3.39.